The Hall–Kier alpha value is 1.13. The van der Waals surface area contributed by atoms with Crippen molar-refractivity contribution >= 4 is 45.9 Å². The van der Waals surface area contributed by atoms with E-state index in [1.807, 2.05) is 32.9 Å². The van der Waals surface area contributed by atoms with Crippen LogP contribution in [0.5, 0.6) is 0 Å². The Morgan fingerprint density at radius 3 is 2.40 bits per heavy atom. The summed E-state index contributed by atoms with van der Waals surface area (Å²) < 4.78 is 21.8. The third-order valence-electron chi connectivity index (χ3n) is 2.91. The summed E-state index contributed by atoms with van der Waals surface area (Å²) in [7, 11) is 2.10. The molecule has 115 valence electrons. The Balaban J connectivity index is 0.000000612. The number of rotatable bonds is 2. The monoisotopic (exact) mass is 547 g/mol. The van der Waals surface area contributed by atoms with Gasteiger partial charge >= 0.3 is 55.4 Å². The number of hydrogen-bond acceptors (Lipinski definition) is 5. The van der Waals surface area contributed by atoms with Crippen LogP contribution in [0.4, 0.5) is 0 Å². The zero-order chi connectivity index (χ0) is 15.3. The molecule has 0 aromatic carbocycles. The van der Waals surface area contributed by atoms with Gasteiger partial charge in [0.15, 0.2) is 18.0 Å². The van der Waals surface area contributed by atoms with Crippen molar-refractivity contribution < 1.29 is 33.2 Å². The molecule has 0 radical (unpaired) electrons. The van der Waals surface area contributed by atoms with E-state index < -0.39 is 30.1 Å². The summed E-state index contributed by atoms with van der Waals surface area (Å²) in [5, 5.41) is 0. The molecule has 0 bridgehead atoms. The number of allylic oxidation sites excluding steroid dienone is 1. The quantitative estimate of drug-likeness (QED) is 0.303. The first kappa shape index (κ1) is 19.2. The maximum atomic E-state index is 11.6. The molecular weight excluding hydrogens is 529 g/mol. The van der Waals surface area contributed by atoms with E-state index in [4.69, 9.17) is 18.9 Å². The van der Waals surface area contributed by atoms with Crippen LogP contribution in [-0.2, 0) is 33.2 Å². The molecule has 4 unspecified atom stereocenters. The number of methoxy groups -OCH3 is 1. The van der Waals surface area contributed by atoms with Crippen molar-refractivity contribution in [1.82, 2.24) is 0 Å². The number of ether oxygens (including phenoxy) is 4. The van der Waals surface area contributed by atoms with E-state index in [-0.39, 0.29) is 6.10 Å². The summed E-state index contributed by atoms with van der Waals surface area (Å²) in [6, 6.07) is 0. The molecule has 0 aliphatic carbocycles. The van der Waals surface area contributed by atoms with Gasteiger partial charge in [-0.15, -0.1) is 0 Å². The second kappa shape index (κ2) is 8.68. The van der Waals surface area contributed by atoms with E-state index >= 15 is 0 Å². The van der Waals surface area contributed by atoms with Crippen LogP contribution in [0.1, 0.15) is 20.8 Å². The molecule has 0 N–H and O–H groups in total. The molecule has 0 saturated carbocycles. The Labute approximate surface area is 148 Å². The van der Waals surface area contributed by atoms with Gasteiger partial charge in [0.05, 0.1) is 0 Å². The van der Waals surface area contributed by atoms with Crippen LogP contribution in [0, 0.1) is 0 Å². The van der Waals surface area contributed by atoms with Gasteiger partial charge in [0.25, 0.3) is 0 Å². The molecule has 2 heterocycles. The van der Waals surface area contributed by atoms with Crippen LogP contribution in [0.3, 0.4) is 0 Å². The Morgan fingerprint density at radius 1 is 1.30 bits per heavy atom. The average Bonchev–Trinajstić information content (AvgIpc) is 2.65. The maximum absolute atomic E-state index is 11.6. The predicted octanol–water partition coefficient (Wildman–Crippen LogP) is 2.79. The van der Waals surface area contributed by atoms with E-state index in [1.165, 1.54) is 7.11 Å². The van der Waals surface area contributed by atoms with Crippen molar-refractivity contribution in [2.75, 3.05) is 7.11 Å². The van der Waals surface area contributed by atoms with Crippen LogP contribution in [0.15, 0.2) is 12.2 Å². The molecule has 0 aromatic rings. The molecule has 2 aliphatic heterocycles. The number of hydrogen-bond donors (Lipinski definition) is 0. The van der Waals surface area contributed by atoms with Crippen LogP contribution in [-0.4, -0.2) is 43.3 Å². The number of fused-ring (bicyclic) bond motifs is 1. The molecule has 2 fully saturated rings. The summed E-state index contributed by atoms with van der Waals surface area (Å²) in [5.41, 5.74) is 0. The van der Waals surface area contributed by atoms with Gasteiger partial charge in [0, 0.05) is 7.11 Å². The van der Waals surface area contributed by atoms with Crippen LogP contribution >= 0.6 is 40.0 Å². The second-order valence-electron chi connectivity index (χ2n) is 4.71. The third-order valence-corrected chi connectivity index (χ3v) is 2.91. The van der Waals surface area contributed by atoms with E-state index in [2.05, 4.69) is 40.0 Å². The Kier molecular flexibility index (Phi) is 8.33. The molecule has 0 spiro atoms. The minimum absolute atomic E-state index is 0.294. The topological polar surface area (TPSA) is 54.0 Å². The number of esters is 1. The summed E-state index contributed by atoms with van der Waals surface area (Å²) in [4.78, 5) is 11.6. The summed E-state index contributed by atoms with van der Waals surface area (Å²) in [6.07, 6.45) is 1.92. The number of carbonyl (C=O) groups is 1. The first-order chi connectivity index (χ1) is 9.40. The fourth-order valence-electron chi connectivity index (χ4n) is 2.28. The van der Waals surface area contributed by atoms with Crippen LogP contribution < -0.4 is 0 Å². The summed E-state index contributed by atoms with van der Waals surface area (Å²) in [6.45, 7) is 5.52. The zero-order valence-electron chi connectivity index (χ0n) is 11.7. The van der Waals surface area contributed by atoms with Crippen LogP contribution in [0.25, 0.3) is 0 Å². The number of carbonyl (C=O) groups excluding carboxylic acids is 1. The molecule has 0 amide bonds. The average molecular weight is 547 g/mol. The van der Waals surface area contributed by atoms with Crippen LogP contribution in [0.2, 0.25) is 0 Å². The van der Waals surface area contributed by atoms with Gasteiger partial charge in [-0.3, -0.25) is 0 Å². The predicted molar refractivity (Wildman–Crippen MR) is 87.4 cm³/mol. The van der Waals surface area contributed by atoms with Crippen molar-refractivity contribution in [1.29, 1.82) is 0 Å². The third kappa shape index (κ3) is 4.82. The van der Waals surface area contributed by atoms with Gasteiger partial charge in [0.1, 0.15) is 12.2 Å². The van der Waals surface area contributed by atoms with Gasteiger partial charge in [-0.05, 0) is 20.8 Å². The first-order valence-electron chi connectivity index (χ1n) is 6.04. The van der Waals surface area contributed by atoms with Gasteiger partial charge in [-0.25, -0.2) is 4.79 Å². The summed E-state index contributed by atoms with van der Waals surface area (Å²) in [5.74, 6) is -1.14. The van der Waals surface area contributed by atoms with Crippen molar-refractivity contribution in [2.24, 2.45) is 0 Å². The normalized spacial score (nSPS) is 35.0. The molecule has 5 nitrogen and oxygen atoms in total. The molecule has 8 heteroatoms. The van der Waals surface area contributed by atoms with E-state index in [0.29, 0.717) is 9.47 Å². The van der Waals surface area contributed by atoms with Gasteiger partial charge in [-0.1, -0.05) is 12.2 Å². The molecule has 20 heavy (non-hydrogen) atoms. The molecule has 2 aliphatic rings. The van der Waals surface area contributed by atoms with Gasteiger partial charge < -0.3 is 18.9 Å². The summed E-state index contributed by atoms with van der Waals surface area (Å²) >= 11 is 4.74. The minimum atomic E-state index is -0.754. The second-order valence-corrected chi connectivity index (χ2v) is 16.5. The van der Waals surface area contributed by atoms with E-state index in [0.717, 1.165) is 0 Å². The SMILES string of the molecule is C/C=C/C1OC(C)(C)OC2C(OC)C(=O)OC12.[I][V][I]. The first-order valence-corrected chi connectivity index (χ1v) is 15.1. The van der Waals surface area contributed by atoms with Crippen molar-refractivity contribution in [3.63, 3.8) is 0 Å². The van der Waals surface area contributed by atoms with Crippen molar-refractivity contribution in [3.05, 3.63) is 12.2 Å². The van der Waals surface area contributed by atoms with E-state index in [9.17, 15) is 4.79 Å². The molecule has 2 rings (SSSR count). The molecule has 0 aromatic heterocycles. The fraction of sp³-hybridized carbons (Fsp3) is 0.750. The molecule has 2 saturated heterocycles. The standard InChI is InChI=1S/C12H18O5.2HI.V/c1-5-6-7-8-9(17-12(2,3)16-7)10(14-4)11(13)15-8;;;/h5-10H,1-4H3;2*1H;/q;;;+2/p-2/b6-5+;;;. The van der Waals surface area contributed by atoms with Crippen molar-refractivity contribution in [3.8, 4) is 0 Å². The Bertz CT molecular complexity index is 364. The van der Waals surface area contributed by atoms with Gasteiger partial charge in [0.2, 0.25) is 0 Å². The molecular formula is C12H18I2O5V. The van der Waals surface area contributed by atoms with Crippen molar-refractivity contribution in [2.45, 2.75) is 51.0 Å². The van der Waals surface area contributed by atoms with Gasteiger partial charge in [-0.2, -0.15) is 0 Å². The fourth-order valence-corrected chi connectivity index (χ4v) is 2.28. The molecule has 4 atom stereocenters. The number of halogens is 2. The zero-order valence-corrected chi connectivity index (χ0v) is 17.4. The Morgan fingerprint density at radius 2 is 1.90 bits per heavy atom. The van der Waals surface area contributed by atoms with E-state index in [1.54, 1.807) is 0 Å².